The van der Waals surface area contributed by atoms with Crippen LogP contribution in [0, 0.1) is 12.3 Å². The van der Waals surface area contributed by atoms with E-state index in [2.05, 4.69) is 4.52 Å². The van der Waals surface area contributed by atoms with Crippen LogP contribution in [-0.2, 0) is 9.09 Å². The average Bonchev–Trinajstić information content (AvgIpc) is 1.97. The summed E-state index contributed by atoms with van der Waals surface area (Å²) >= 11 is 0. The molecule has 0 amide bonds. The number of terminal acetylenes is 1. The predicted octanol–water partition coefficient (Wildman–Crippen LogP) is -1.55. The van der Waals surface area contributed by atoms with Gasteiger partial charge in [-0.3, -0.25) is 4.52 Å². The molecule has 0 aromatic heterocycles. The number of phosphoric ester groups is 1. The second kappa shape index (κ2) is 4.58. The van der Waals surface area contributed by atoms with Crippen LogP contribution in [0.5, 0.6) is 0 Å². The van der Waals surface area contributed by atoms with Gasteiger partial charge in [-0.15, -0.1) is 6.42 Å². The minimum Gasteiger partial charge on any atom is -0.394 e. The Bertz CT molecular complexity index is 214. The van der Waals surface area contributed by atoms with Crippen LogP contribution in [-0.4, -0.2) is 38.8 Å². The third-order valence-electron chi connectivity index (χ3n) is 0.952. The van der Waals surface area contributed by atoms with Gasteiger partial charge in [-0.25, -0.2) is 4.57 Å². The van der Waals surface area contributed by atoms with E-state index in [9.17, 15) is 4.57 Å². The number of phosphoric acid groups is 1. The molecule has 0 aliphatic carbocycles. The molecule has 6 nitrogen and oxygen atoms in total. The fraction of sp³-hybridized carbons (Fsp3) is 0.600. The molecule has 2 atom stereocenters. The average molecular weight is 196 g/mol. The maximum atomic E-state index is 10.2. The van der Waals surface area contributed by atoms with Crippen LogP contribution >= 0.6 is 7.82 Å². The van der Waals surface area contributed by atoms with Gasteiger partial charge in [0, 0.05) is 0 Å². The molecule has 0 spiro atoms. The Kier molecular flexibility index (Phi) is 4.42. The van der Waals surface area contributed by atoms with Gasteiger partial charge in [-0.05, 0) is 0 Å². The van der Waals surface area contributed by atoms with Crippen molar-refractivity contribution in [2.24, 2.45) is 0 Å². The molecule has 0 saturated heterocycles. The minimum absolute atomic E-state index is 0.727. The van der Waals surface area contributed by atoms with Crippen LogP contribution in [0.3, 0.4) is 0 Å². The molecular weight excluding hydrogens is 187 g/mol. The monoisotopic (exact) mass is 196 g/mol. The van der Waals surface area contributed by atoms with E-state index in [1.54, 1.807) is 5.92 Å². The van der Waals surface area contributed by atoms with Crippen molar-refractivity contribution in [1.82, 2.24) is 0 Å². The summed E-state index contributed by atoms with van der Waals surface area (Å²) in [6.45, 7) is -0.727. The smallest absolute Gasteiger partial charge is 0.394 e. The Morgan fingerprint density at radius 3 is 2.33 bits per heavy atom. The first-order valence-electron chi connectivity index (χ1n) is 2.89. The summed E-state index contributed by atoms with van der Waals surface area (Å²) in [5.74, 6) is 1.78. The predicted molar refractivity (Wildman–Crippen MR) is 38.8 cm³/mol. The summed E-state index contributed by atoms with van der Waals surface area (Å²) in [4.78, 5) is 16.5. The van der Waals surface area contributed by atoms with E-state index >= 15 is 0 Å². The highest BCUT2D eigenvalue weighted by atomic mass is 31.2. The molecule has 12 heavy (non-hydrogen) atoms. The van der Waals surface area contributed by atoms with Crippen LogP contribution in [0.15, 0.2) is 0 Å². The zero-order valence-electron chi connectivity index (χ0n) is 5.99. The first-order valence-corrected chi connectivity index (χ1v) is 4.42. The molecule has 0 rings (SSSR count). The second-order valence-electron chi connectivity index (χ2n) is 1.93. The molecular formula is C5H9O6P. The van der Waals surface area contributed by atoms with Gasteiger partial charge in [0.05, 0.1) is 6.61 Å². The molecule has 0 aliphatic rings. The van der Waals surface area contributed by atoms with Crippen molar-refractivity contribution in [2.45, 2.75) is 12.2 Å². The lowest BCUT2D eigenvalue weighted by Gasteiger charge is -2.16. The Hall–Kier alpha value is -0.410. The molecule has 0 radical (unpaired) electrons. The Balaban J connectivity index is 4.21. The van der Waals surface area contributed by atoms with Crippen molar-refractivity contribution in [3.63, 3.8) is 0 Å². The van der Waals surface area contributed by atoms with Gasteiger partial charge in [0.2, 0.25) is 0 Å². The Morgan fingerprint density at radius 2 is 2.08 bits per heavy atom. The lowest BCUT2D eigenvalue weighted by Crippen LogP contribution is -2.29. The number of rotatable bonds is 4. The van der Waals surface area contributed by atoms with Crippen LogP contribution < -0.4 is 0 Å². The van der Waals surface area contributed by atoms with Crippen LogP contribution in [0.2, 0.25) is 0 Å². The third-order valence-corrected chi connectivity index (χ3v) is 1.45. The summed E-state index contributed by atoms with van der Waals surface area (Å²) in [5.41, 5.74) is 0. The molecule has 0 saturated carbocycles. The number of hydrogen-bond donors (Lipinski definition) is 4. The second-order valence-corrected chi connectivity index (χ2v) is 3.13. The number of aliphatic hydroxyl groups excluding tert-OH is 2. The van der Waals surface area contributed by atoms with Gasteiger partial charge >= 0.3 is 7.82 Å². The van der Waals surface area contributed by atoms with Crippen molar-refractivity contribution >= 4 is 7.82 Å². The van der Waals surface area contributed by atoms with E-state index in [1.807, 2.05) is 0 Å². The fourth-order valence-corrected chi connectivity index (χ4v) is 0.953. The van der Waals surface area contributed by atoms with E-state index in [-0.39, 0.29) is 0 Å². The van der Waals surface area contributed by atoms with Gasteiger partial charge in [-0.1, -0.05) is 5.92 Å². The molecule has 7 heteroatoms. The van der Waals surface area contributed by atoms with Crippen LogP contribution in [0.25, 0.3) is 0 Å². The standard InChI is InChI=1S/C5H9O6P/c1-2-5(4(7)3-6)11-12(8,9)10/h1,4-7H,3H2,(H2,8,9,10). The molecule has 0 heterocycles. The van der Waals surface area contributed by atoms with E-state index < -0.39 is 26.6 Å². The molecule has 0 aromatic rings. The van der Waals surface area contributed by atoms with Crippen molar-refractivity contribution in [1.29, 1.82) is 0 Å². The largest absolute Gasteiger partial charge is 0.470 e. The van der Waals surface area contributed by atoms with E-state index in [0.717, 1.165) is 0 Å². The Morgan fingerprint density at radius 1 is 1.58 bits per heavy atom. The zero-order valence-corrected chi connectivity index (χ0v) is 6.89. The van der Waals surface area contributed by atoms with Crippen molar-refractivity contribution in [3.05, 3.63) is 0 Å². The maximum absolute atomic E-state index is 10.2. The van der Waals surface area contributed by atoms with Gasteiger partial charge in [0.15, 0.2) is 6.10 Å². The molecule has 0 bridgehead atoms. The minimum atomic E-state index is -4.72. The first-order chi connectivity index (χ1) is 5.40. The normalized spacial score (nSPS) is 16.6. The molecule has 70 valence electrons. The van der Waals surface area contributed by atoms with Gasteiger partial charge in [0.25, 0.3) is 0 Å². The van der Waals surface area contributed by atoms with Crippen molar-refractivity contribution in [3.8, 4) is 12.3 Å². The molecule has 0 aliphatic heterocycles. The quantitative estimate of drug-likeness (QED) is 0.320. The van der Waals surface area contributed by atoms with Gasteiger partial charge < -0.3 is 20.0 Å². The fourth-order valence-electron chi connectivity index (χ4n) is 0.455. The van der Waals surface area contributed by atoms with Crippen molar-refractivity contribution in [2.75, 3.05) is 6.61 Å². The van der Waals surface area contributed by atoms with Gasteiger partial charge in [-0.2, -0.15) is 0 Å². The van der Waals surface area contributed by atoms with Gasteiger partial charge in [0.1, 0.15) is 6.10 Å². The summed E-state index contributed by atoms with van der Waals surface area (Å²) in [6.07, 6.45) is 1.77. The highest BCUT2D eigenvalue weighted by Crippen LogP contribution is 2.37. The molecule has 4 N–H and O–H groups in total. The SMILES string of the molecule is C#CC(OP(=O)(O)O)C(O)CO. The molecule has 2 unspecified atom stereocenters. The van der Waals surface area contributed by atoms with Crippen LogP contribution in [0.1, 0.15) is 0 Å². The first kappa shape index (κ1) is 11.6. The lowest BCUT2D eigenvalue weighted by molar-refractivity contribution is 0.0125. The Labute approximate surface area is 69.0 Å². The summed E-state index contributed by atoms with van der Waals surface area (Å²) in [7, 11) is -4.72. The number of hydrogen-bond acceptors (Lipinski definition) is 4. The zero-order chi connectivity index (χ0) is 9.78. The maximum Gasteiger partial charge on any atom is 0.470 e. The highest BCUT2D eigenvalue weighted by molar-refractivity contribution is 7.46. The van der Waals surface area contributed by atoms with E-state index in [0.29, 0.717) is 0 Å². The van der Waals surface area contributed by atoms with E-state index in [1.165, 1.54) is 0 Å². The summed E-state index contributed by atoms with van der Waals surface area (Å²) in [5, 5.41) is 17.2. The van der Waals surface area contributed by atoms with Crippen molar-refractivity contribution < 1.29 is 29.1 Å². The van der Waals surface area contributed by atoms with E-state index in [4.69, 9.17) is 26.4 Å². The summed E-state index contributed by atoms with van der Waals surface area (Å²) < 4.78 is 14.2. The lowest BCUT2D eigenvalue weighted by atomic mass is 10.2. The number of aliphatic hydroxyl groups is 2. The topological polar surface area (TPSA) is 107 Å². The molecule has 0 aromatic carbocycles. The molecule has 0 fully saturated rings. The highest BCUT2D eigenvalue weighted by Gasteiger charge is 2.25. The van der Waals surface area contributed by atoms with Crippen LogP contribution in [0.4, 0.5) is 0 Å². The summed E-state index contributed by atoms with van der Waals surface area (Å²) in [6, 6.07) is 0. The third kappa shape index (κ3) is 4.46.